The molecular weight excluding hydrogens is 264 g/mol. The molecule has 19 heavy (non-hydrogen) atoms. The number of carbonyl (C=O) groups excluding carboxylic acids is 1. The normalized spacial score (nSPS) is 11.1. The van der Waals surface area contributed by atoms with Crippen LogP contribution in [0.3, 0.4) is 0 Å². The molecule has 0 aliphatic carbocycles. The molecule has 0 saturated carbocycles. The molecule has 1 aromatic rings. The lowest BCUT2D eigenvalue weighted by atomic mass is 10.1. The van der Waals surface area contributed by atoms with E-state index in [1.807, 2.05) is 30.5 Å². The number of carbonyl (C=O) groups is 2. The Morgan fingerprint density at radius 1 is 1.32 bits per heavy atom. The van der Waals surface area contributed by atoms with Gasteiger partial charge in [0.1, 0.15) is 5.54 Å². The third kappa shape index (κ3) is 4.57. The molecule has 0 bridgehead atoms. The van der Waals surface area contributed by atoms with Crippen molar-refractivity contribution >= 4 is 29.3 Å². The zero-order valence-corrected chi connectivity index (χ0v) is 12.0. The summed E-state index contributed by atoms with van der Waals surface area (Å²) in [6.45, 7) is 2.97. The zero-order chi connectivity index (χ0) is 14.5. The monoisotopic (exact) mass is 282 g/mol. The average Bonchev–Trinajstić information content (AvgIpc) is 2.37. The minimum Gasteiger partial charge on any atom is -0.480 e. The van der Waals surface area contributed by atoms with Gasteiger partial charge in [-0.1, -0.05) is 12.1 Å². The Hall–Kier alpha value is -1.53. The largest absolute Gasteiger partial charge is 0.480 e. The number of aliphatic carboxylic acids is 1. The predicted molar refractivity (Wildman–Crippen MR) is 76.6 cm³/mol. The second-order valence-electron chi connectivity index (χ2n) is 4.53. The molecule has 0 fully saturated rings. The molecule has 1 amide bonds. The van der Waals surface area contributed by atoms with Gasteiger partial charge in [0.15, 0.2) is 0 Å². The molecule has 1 aromatic carbocycles. The third-order valence-corrected chi connectivity index (χ3v) is 3.40. The van der Waals surface area contributed by atoms with E-state index in [-0.39, 0.29) is 12.5 Å². The van der Waals surface area contributed by atoms with Crippen molar-refractivity contribution in [3.63, 3.8) is 0 Å². The molecule has 0 aliphatic heterocycles. The number of hydrogen-bond donors (Lipinski definition) is 3. The average molecular weight is 282 g/mol. The number of carboxylic acid groups (broad SMARTS) is 1. The number of nitrogens with one attached hydrogen (secondary N) is 2. The number of thioether (sulfide) groups is 1. The maximum Gasteiger partial charge on any atom is 0.323 e. The van der Waals surface area contributed by atoms with E-state index in [2.05, 4.69) is 10.6 Å². The van der Waals surface area contributed by atoms with Gasteiger partial charge in [0.2, 0.25) is 5.91 Å². The van der Waals surface area contributed by atoms with Gasteiger partial charge in [0.25, 0.3) is 0 Å². The fraction of sp³-hybridized carbons (Fsp3) is 0.385. The fourth-order valence-electron chi connectivity index (χ4n) is 1.32. The highest BCUT2D eigenvalue weighted by atomic mass is 32.2. The number of rotatable bonds is 6. The number of anilines is 1. The molecule has 0 aliphatic rings. The van der Waals surface area contributed by atoms with Crippen molar-refractivity contribution in [2.24, 2.45) is 0 Å². The van der Waals surface area contributed by atoms with Gasteiger partial charge in [0.05, 0.1) is 12.2 Å². The summed E-state index contributed by atoms with van der Waals surface area (Å²) in [5, 5.41) is 14.4. The number of hydrogen-bond acceptors (Lipinski definition) is 4. The lowest BCUT2D eigenvalue weighted by Gasteiger charge is -2.20. The summed E-state index contributed by atoms with van der Waals surface area (Å²) in [5.41, 5.74) is -0.397. The standard InChI is InChI=1S/C13H18N2O3S/c1-13(2,12(17)18)14-8-11(16)15-9-6-4-5-7-10(9)19-3/h4-7,14H,8H2,1-3H3,(H,15,16)(H,17,18). The van der Waals surface area contributed by atoms with Gasteiger partial charge in [0, 0.05) is 4.90 Å². The van der Waals surface area contributed by atoms with Crippen molar-refractivity contribution in [1.29, 1.82) is 0 Å². The van der Waals surface area contributed by atoms with Gasteiger partial charge >= 0.3 is 5.97 Å². The van der Waals surface area contributed by atoms with Crippen LogP contribution in [-0.2, 0) is 9.59 Å². The number of amides is 1. The van der Waals surface area contributed by atoms with Gasteiger partial charge in [-0.3, -0.25) is 14.9 Å². The minimum absolute atomic E-state index is 0.0536. The predicted octanol–water partition coefficient (Wildman–Crippen LogP) is 1.80. The van der Waals surface area contributed by atoms with E-state index in [1.165, 1.54) is 25.6 Å². The molecule has 1 rings (SSSR count). The number of para-hydroxylation sites is 1. The SMILES string of the molecule is CSc1ccccc1NC(=O)CNC(C)(C)C(=O)O. The van der Waals surface area contributed by atoms with Crippen LogP contribution in [0.1, 0.15) is 13.8 Å². The quantitative estimate of drug-likeness (QED) is 0.693. The highest BCUT2D eigenvalue weighted by molar-refractivity contribution is 7.98. The van der Waals surface area contributed by atoms with Crippen LogP contribution in [0.4, 0.5) is 5.69 Å². The second kappa shape index (κ2) is 6.58. The van der Waals surface area contributed by atoms with E-state index in [1.54, 1.807) is 0 Å². The van der Waals surface area contributed by atoms with Gasteiger partial charge in [-0.15, -0.1) is 11.8 Å². The van der Waals surface area contributed by atoms with Crippen molar-refractivity contribution in [2.75, 3.05) is 18.1 Å². The Bertz CT molecular complexity index is 475. The Labute approximate surface area is 116 Å². The summed E-state index contributed by atoms with van der Waals surface area (Å²) in [7, 11) is 0. The van der Waals surface area contributed by atoms with Crippen LogP contribution in [0.25, 0.3) is 0 Å². The maximum atomic E-state index is 11.8. The van der Waals surface area contributed by atoms with Gasteiger partial charge in [-0.25, -0.2) is 0 Å². The maximum absolute atomic E-state index is 11.8. The van der Waals surface area contributed by atoms with Crippen molar-refractivity contribution in [2.45, 2.75) is 24.3 Å². The summed E-state index contributed by atoms with van der Waals surface area (Å²) in [6.07, 6.45) is 1.93. The van der Waals surface area contributed by atoms with Gasteiger partial charge < -0.3 is 10.4 Å². The molecule has 6 heteroatoms. The molecular formula is C13H18N2O3S. The van der Waals surface area contributed by atoms with Crippen LogP contribution in [0.5, 0.6) is 0 Å². The van der Waals surface area contributed by atoms with E-state index >= 15 is 0 Å². The first kappa shape index (κ1) is 15.5. The summed E-state index contributed by atoms with van der Waals surface area (Å²) < 4.78 is 0. The summed E-state index contributed by atoms with van der Waals surface area (Å²) in [4.78, 5) is 23.6. The molecule has 3 N–H and O–H groups in total. The summed E-state index contributed by atoms with van der Waals surface area (Å²) in [5.74, 6) is -1.26. The van der Waals surface area contributed by atoms with E-state index < -0.39 is 11.5 Å². The smallest absolute Gasteiger partial charge is 0.323 e. The van der Waals surface area contributed by atoms with E-state index in [0.29, 0.717) is 0 Å². The van der Waals surface area contributed by atoms with Crippen molar-refractivity contribution in [1.82, 2.24) is 5.32 Å². The van der Waals surface area contributed by atoms with E-state index in [4.69, 9.17) is 5.11 Å². The minimum atomic E-state index is -1.13. The zero-order valence-electron chi connectivity index (χ0n) is 11.2. The Morgan fingerprint density at radius 3 is 2.53 bits per heavy atom. The molecule has 0 unspecified atom stereocenters. The highest BCUT2D eigenvalue weighted by Gasteiger charge is 2.26. The first-order valence-corrected chi connectivity index (χ1v) is 7.00. The molecule has 0 atom stereocenters. The van der Waals surface area contributed by atoms with Crippen LogP contribution in [-0.4, -0.2) is 35.3 Å². The van der Waals surface area contributed by atoms with Gasteiger partial charge in [-0.05, 0) is 32.2 Å². The van der Waals surface area contributed by atoms with Crippen LogP contribution in [0.2, 0.25) is 0 Å². The van der Waals surface area contributed by atoms with Crippen LogP contribution >= 0.6 is 11.8 Å². The fourth-order valence-corrected chi connectivity index (χ4v) is 1.87. The number of benzene rings is 1. The highest BCUT2D eigenvalue weighted by Crippen LogP contribution is 2.24. The van der Waals surface area contributed by atoms with Crippen molar-refractivity contribution in [3.05, 3.63) is 24.3 Å². The van der Waals surface area contributed by atoms with Crippen LogP contribution in [0, 0.1) is 0 Å². The molecule has 0 aromatic heterocycles. The first-order chi connectivity index (χ1) is 8.86. The Kier molecular flexibility index (Phi) is 5.38. The van der Waals surface area contributed by atoms with Crippen LogP contribution in [0.15, 0.2) is 29.2 Å². The molecule has 5 nitrogen and oxygen atoms in total. The summed E-state index contributed by atoms with van der Waals surface area (Å²) in [6, 6.07) is 7.46. The van der Waals surface area contributed by atoms with Crippen molar-refractivity contribution < 1.29 is 14.7 Å². The topological polar surface area (TPSA) is 78.4 Å². The van der Waals surface area contributed by atoms with E-state index in [9.17, 15) is 9.59 Å². The molecule has 0 heterocycles. The van der Waals surface area contributed by atoms with Gasteiger partial charge in [-0.2, -0.15) is 0 Å². The molecule has 0 saturated heterocycles. The Morgan fingerprint density at radius 2 is 1.95 bits per heavy atom. The Balaban J connectivity index is 2.59. The third-order valence-electron chi connectivity index (χ3n) is 2.61. The molecule has 0 spiro atoms. The molecule has 0 radical (unpaired) electrons. The second-order valence-corrected chi connectivity index (χ2v) is 5.38. The lowest BCUT2D eigenvalue weighted by Crippen LogP contribution is -2.49. The first-order valence-electron chi connectivity index (χ1n) is 5.78. The lowest BCUT2D eigenvalue weighted by molar-refractivity contribution is -0.143. The summed E-state index contributed by atoms with van der Waals surface area (Å²) >= 11 is 1.54. The number of carboxylic acids is 1. The van der Waals surface area contributed by atoms with E-state index in [0.717, 1.165) is 10.6 Å². The van der Waals surface area contributed by atoms with Crippen LogP contribution < -0.4 is 10.6 Å². The van der Waals surface area contributed by atoms with Crippen molar-refractivity contribution in [3.8, 4) is 0 Å². The molecule has 104 valence electrons.